The highest BCUT2D eigenvalue weighted by molar-refractivity contribution is 5.23. The smallest absolute Gasteiger partial charge is 0.0205 e. The highest BCUT2D eigenvalue weighted by Gasteiger charge is 1.93. The van der Waals surface area contributed by atoms with Crippen molar-refractivity contribution in [1.82, 2.24) is 5.32 Å². The molecule has 0 atom stereocenters. The van der Waals surface area contributed by atoms with Crippen molar-refractivity contribution in [2.75, 3.05) is 6.54 Å². The summed E-state index contributed by atoms with van der Waals surface area (Å²) in [4.78, 5) is 0. The molecule has 78 valence electrons. The number of aryl methyl sites for hydroxylation is 1. The topological polar surface area (TPSA) is 12.0 Å². The summed E-state index contributed by atoms with van der Waals surface area (Å²) < 4.78 is 0. The minimum Gasteiger partial charge on any atom is -0.313 e. The van der Waals surface area contributed by atoms with E-state index in [0.717, 1.165) is 19.5 Å². The molecule has 0 heterocycles. The Morgan fingerprint density at radius 1 is 1.14 bits per heavy atom. The molecule has 0 aliphatic carbocycles. The highest BCUT2D eigenvalue weighted by Crippen LogP contribution is 2.05. The third-order valence-electron chi connectivity index (χ3n) is 2.44. The molecule has 0 saturated carbocycles. The fourth-order valence-electron chi connectivity index (χ4n) is 1.49. The monoisotopic (exact) mass is 191 g/mol. The van der Waals surface area contributed by atoms with Crippen molar-refractivity contribution in [3.63, 3.8) is 0 Å². The maximum absolute atomic E-state index is 3.45. The summed E-state index contributed by atoms with van der Waals surface area (Å²) in [6.07, 6.45) is 3.66. The maximum Gasteiger partial charge on any atom is 0.0205 e. The average Bonchev–Trinajstić information content (AvgIpc) is 2.25. The molecule has 0 aliphatic heterocycles. The van der Waals surface area contributed by atoms with Crippen LogP contribution in [0, 0.1) is 0 Å². The molecule has 0 saturated heterocycles. The lowest BCUT2D eigenvalue weighted by Gasteiger charge is -2.05. The minimum atomic E-state index is 1.01. The second-order valence-corrected chi connectivity index (χ2v) is 3.70. The van der Waals surface area contributed by atoms with Crippen LogP contribution in [0.15, 0.2) is 24.3 Å². The molecule has 1 aromatic carbocycles. The van der Waals surface area contributed by atoms with Crippen molar-refractivity contribution >= 4 is 0 Å². The molecule has 0 amide bonds. The van der Waals surface area contributed by atoms with E-state index in [-0.39, 0.29) is 0 Å². The average molecular weight is 191 g/mol. The van der Waals surface area contributed by atoms with Crippen LogP contribution in [0.25, 0.3) is 0 Å². The summed E-state index contributed by atoms with van der Waals surface area (Å²) in [5.41, 5.74) is 2.83. The van der Waals surface area contributed by atoms with Crippen LogP contribution in [-0.2, 0) is 13.0 Å². The van der Waals surface area contributed by atoms with Gasteiger partial charge in [-0.3, -0.25) is 0 Å². The van der Waals surface area contributed by atoms with Crippen LogP contribution in [0.4, 0.5) is 0 Å². The van der Waals surface area contributed by atoms with Gasteiger partial charge in [0.15, 0.2) is 0 Å². The maximum atomic E-state index is 3.45. The van der Waals surface area contributed by atoms with Gasteiger partial charge in [0.05, 0.1) is 0 Å². The van der Waals surface area contributed by atoms with Gasteiger partial charge in [0, 0.05) is 6.54 Å². The molecular formula is C13H21N. The Hall–Kier alpha value is -0.820. The van der Waals surface area contributed by atoms with Crippen LogP contribution in [-0.4, -0.2) is 6.54 Å². The number of hydrogen-bond donors (Lipinski definition) is 1. The van der Waals surface area contributed by atoms with Gasteiger partial charge in [0.25, 0.3) is 0 Å². The summed E-state index contributed by atoms with van der Waals surface area (Å²) in [5, 5.41) is 3.45. The lowest BCUT2D eigenvalue weighted by molar-refractivity contribution is 0.641. The number of nitrogens with one attached hydrogen (secondary N) is 1. The molecule has 1 rings (SSSR count). The molecular weight excluding hydrogens is 170 g/mol. The quantitative estimate of drug-likeness (QED) is 0.681. The summed E-state index contributed by atoms with van der Waals surface area (Å²) in [5.74, 6) is 0. The van der Waals surface area contributed by atoms with E-state index in [9.17, 15) is 0 Å². The molecule has 14 heavy (non-hydrogen) atoms. The fourth-order valence-corrected chi connectivity index (χ4v) is 1.49. The third kappa shape index (κ3) is 3.93. The first-order valence-electron chi connectivity index (χ1n) is 5.65. The molecule has 1 heteroatoms. The number of benzene rings is 1. The molecule has 1 N–H and O–H groups in total. The standard InChI is InChI=1S/C13H21N/c1-3-5-9-14-11-13-8-6-7-12(4-2)10-13/h6-8,10,14H,3-5,9,11H2,1-2H3. The van der Waals surface area contributed by atoms with Gasteiger partial charge in [-0.25, -0.2) is 0 Å². The molecule has 1 nitrogen and oxygen atoms in total. The number of rotatable bonds is 6. The van der Waals surface area contributed by atoms with Gasteiger partial charge in [-0.1, -0.05) is 44.5 Å². The van der Waals surface area contributed by atoms with Crippen molar-refractivity contribution in [1.29, 1.82) is 0 Å². The van der Waals surface area contributed by atoms with Gasteiger partial charge >= 0.3 is 0 Å². The SMILES string of the molecule is CCCCNCc1cccc(CC)c1. The fraction of sp³-hybridized carbons (Fsp3) is 0.538. The van der Waals surface area contributed by atoms with E-state index in [4.69, 9.17) is 0 Å². The van der Waals surface area contributed by atoms with E-state index in [1.807, 2.05) is 0 Å². The van der Waals surface area contributed by atoms with Crippen LogP contribution in [0.3, 0.4) is 0 Å². The first-order chi connectivity index (χ1) is 6.86. The van der Waals surface area contributed by atoms with Crippen LogP contribution < -0.4 is 5.32 Å². The van der Waals surface area contributed by atoms with E-state index in [1.165, 1.54) is 24.0 Å². The zero-order valence-electron chi connectivity index (χ0n) is 9.34. The summed E-state index contributed by atoms with van der Waals surface area (Å²) in [7, 11) is 0. The van der Waals surface area contributed by atoms with Crippen molar-refractivity contribution in [3.05, 3.63) is 35.4 Å². The molecule has 0 spiro atoms. The molecule has 0 unspecified atom stereocenters. The van der Waals surface area contributed by atoms with Crippen molar-refractivity contribution < 1.29 is 0 Å². The Kier molecular flexibility index (Phi) is 5.31. The first-order valence-corrected chi connectivity index (χ1v) is 5.65. The third-order valence-corrected chi connectivity index (χ3v) is 2.44. The summed E-state index contributed by atoms with van der Waals surface area (Å²) >= 11 is 0. The lowest BCUT2D eigenvalue weighted by atomic mass is 10.1. The molecule has 0 aliphatic rings. The molecule has 0 radical (unpaired) electrons. The Morgan fingerprint density at radius 2 is 1.93 bits per heavy atom. The number of hydrogen-bond acceptors (Lipinski definition) is 1. The van der Waals surface area contributed by atoms with Crippen LogP contribution in [0.5, 0.6) is 0 Å². The van der Waals surface area contributed by atoms with Gasteiger partial charge in [0.1, 0.15) is 0 Å². The first kappa shape index (κ1) is 11.3. The second kappa shape index (κ2) is 6.61. The largest absolute Gasteiger partial charge is 0.313 e. The van der Waals surface area contributed by atoms with Crippen molar-refractivity contribution in [2.24, 2.45) is 0 Å². The molecule has 0 aromatic heterocycles. The van der Waals surface area contributed by atoms with E-state index in [1.54, 1.807) is 0 Å². The van der Waals surface area contributed by atoms with E-state index in [2.05, 4.69) is 43.4 Å². The van der Waals surface area contributed by atoms with Crippen LogP contribution in [0.2, 0.25) is 0 Å². The predicted octanol–water partition coefficient (Wildman–Crippen LogP) is 3.14. The van der Waals surface area contributed by atoms with Crippen molar-refractivity contribution in [3.8, 4) is 0 Å². The Morgan fingerprint density at radius 3 is 2.64 bits per heavy atom. The Balaban J connectivity index is 2.34. The van der Waals surface area contributed by atoms with Crippen LogP contribution >= 0.6 is 0 Å². The van der Waals surface area contributed by atoms with Gasteiger partial charge in [-0.15, -0.1) is 0 Å². The Bertz CT molecular complexity index is 255. The highest BCUT2D eigenvalue weighted by atomic mass is 14.8. The van der Waals surface area contributed by atoms with E-state index in [0.29, 0.717) is 0 Å². The van der Waals surface area contributed by atoms with Gasteiger partial charge in [0.2, 0.25) is 0 Å². The lowest BCUT2D eigenvalue weighted by Crippen LogP contribution is -2.14. The second-order valence-electron chi connectivity index (χ2n) is 3.70. The van der Waals surface area contributed by atoms with Gasteiger partial charge < -0.3 is 5.32 Å². The minimum absolute atomic E-state index is 1.01. The van der Waals surface area contributed by atoms with Crippen molar-refractivity contribution in [2.45, 2.75) is 39.7 Å². The van der Waals surface area contributed by atoms with Gasteiger partial charge in [-0.2, -0.15) is 0 Å². The van der Waals surface area contributed by atoms with Gasteiger partial charge in [-0.05, 0) is 30.5 Å². The van der Waals surface area contributed by atoms with Crippen LogP contribution in [0.1, 0.15) is 37.8 Å². The predicted molar refractivity (Wildman–Crippen MR) is 62.4 cm³/mol. The Labute approximate surface area is 87.5 Å². The normalized spacial score (nSPS) is 10.4. The zero-order chi connectivity index (χ0) is 10.2. The van der Waals surface area contributed by atoms with E-state index >= 15 is 0 Å². The molecule has 0 bridgehead atoms. The van der Waals surface area contributed by atoms with E-state index < -0.39 is 0 Å². The summed E-state index contributed by atoms with van der Waals surface area (Å²) in [6, 6.07) is 8.82. The zero-order valence-corrected chi connectivity index (χ0v) is 9.34. The molecule has 1 aromatic rings. The number of unbranched alkanes of at least 4 members (excludes halogenated alkanes) is 1. The molecule has 0 fully saturated rings. The summed E-state index contributed by atoms with van der Waals surface area (Å²) in [6.45, 7) is 6.56.